The normalized spacial score (nSPS) is 16.3. The molecule has 0 bridgehead atoms. The van der Waals surface area contributed by atoms with Crippen molar-refractivity contribution in [2.75, 3.05) is 24.5 Å². The second-order valence-corrected chi connectivity index (χ2v) is 7.11. The van der Waals surface area contributed by atoms with Gasteiger partial charge in [0.1, 0.15) is 5.60 Å². The third kappa shape index (κ3) is 5.43. The van der Waals surface area contributed by atoms with E-state index in [4.69, 9.17) is 10.5 Å². The Balaban J connectivity index is 2.02. The van der Waals surface area contributed by atoms with E-state index in [-0.39, 0.29) is 6.04 Å². The Morgan fingerprint density at radius 3 is 2.57 bits per heavy atom. The molecular formula is C18H29N3O2. The molecule has 23 heavy (non-hydrogen) atoms. The lowest BCUT2D eigenvalue weighted by Gasteiger charge is -2.25. The van der Waals surface area contributed by atoms with Crippen LogP contribution < -0.4 is 16.0 Å². The van der Waals surface area contributed by atoms with E-state index in [9.17, 15) is 4.79 Å². The van der Waals surface area contributed by atoms with E-state index in [1.807, 2.05) is 26.8 Å². The summed E-state index contributed by atoms with van der Waals surface area (Å²) < 4.78 is 5.32. The first-order valence-electron chi connectivity index (χ1n) is 8.41. The number of alkyl carbamates (subject to hydrolysis) is 1. The van der Waals surface area contributed by atoms with Crippen molar-refractivity contribution in [3.8, 4) is 0 Å². The average Bonchev–Trinajstić information content (AvgIpc) is 2.99. The van der Waals surface area contributed by atoms with Gasteiger partial charge in [-0.1, -0.05) is 18.2 Å². The van der Waals surface area contributed by atoms with Gasteiger partial charge in [-0.2, -0.15) is 0 Å². The van der Waals surface area contributed by atoms with Gasteiger partial charge in [0.05, 0.1) is 0 Å². The van der Waals surface area contributed by atoms with Crippen molar-refractivity contribution in [1.29, 1.82) is 0 Å². The molecule has 1 aliphatic heterocycles. The first-order chi connectivity index (χ1) is 10.9. The summed E-state index contributed by atoms with van der Waals surface area (Å²) in [6.07, 6.45) is 2.78. The van der Waals surface area contributed by atoms with Crippen LogP contribution in [0, 0.1) is 0 Å². The van der Waals surface area contributed by atoms with Crippen LogP contribution in [0.3, 0.4) is 0 Å². The number of carbonyl (C=O) groups is 1. The van der Waals surface area contributed by atoms with E-state index in [0.717, 1.165) is 13.1 Å². The van der Waals surface area contributed by atoms with Crippen molar-refractivity contribution in [3.63, 3.8) is 0 Å². The number of anilines is 1. The number of hydrogen-bond donors (Lipinski definition) is 2. The third-order valence-corrected chi connectivity index (χ3v) is 3.91. The quantitative estimate of drug-likeness (QED) is 0.875. The number of para-hydroxylation sites is 1. The summed E-state index contributed by atoms with van der Waals surface area (Å²) in [5, 5.41) is 2.88. The second kappa shape index (κ2) is 7.68. The van der Waals surface area contributed by atoms with Crippen LogP contribution in [0.2, 0.25) is 0 Å². The standard InChI is InChI=1S/C18H29N3O2/c1-18(2,3)23-17(22)20-15(13-19)12-14-8-4-5-9-16(14)21-10-6-7-11-21/h4-5,8-9,15H,6-7,10-13,19H2,1-3H3,(H,20,22). The molecule has 128 valence electrons. The van der Waals surface area contributed by atoms with E-state index < -0.39 is 11.7 Å². The SMILES string of the molecule is CC(C)(C)OC(=O)NC(CN)Cc1ccccc1N1CCCC1. The van der Waals surface area contributed by atoms with Gasteiger partial charge < -0.3 is 20.7 Å². The van der Waals surface area contributed by atoms with Gasteiger partial charge in [-0.3, -0.25) is 0 Å². The molecule has 1 fully saturated rings. The molecule has 1 amide bonds. The minimum Gasteiger partial charge on any atom is -0.444 e. The molecule has 0 radical (unpaired) electrons. The summed E-state index contributed by atoms with van der Waals surface area (Å²) in [6, 6.07) is 8.24. The van der Waals surface area contributed by atoms with Gasteiger partial charge in [-0.25, -0.2) is 4.79 Å². The number of carbonyl (C=O) groups excluding carboxylic acids is 1. The summed E-state index contributed by atoms with van der Waals surface area (Å²) in [6.45, 7) is 8.15. The third-order valence-electron chi connectivity index (χ3n) is 3.91. The Kier molecular flexibility index (Phi) is 5.88. The molecule has 1 aromatic rings. The first kappa shape index (κ1) is 17.6. The lowest BCUT2D eigenvalue weighted by atomic mass is 10.0. The van der Waals surface area contributed by atoms with Crippen LogP contribution in [0.15, 0.2) is 24.3 Å². The minimum atomic E-state index is -0.503. The van der Waals surface area contributed by atoms with E-state index in [2.05, 4.69) is 28.4 Å². The summed E-state index contributed by atoms with van der Waals surface area (Å²) in [4.78, 5) is 14.4. The first-order valence-corrected chi connectivity index (χ1v) is 8.41. The molecule has 5 nitrogen and oxygen atoms in total. The summed E-state index contributed by atoms with van der Waals surface area (Å²) in [7, 11) is 0. The number of amides is 1. The topological polar surface area (TPSA) is 67.6 Å². The molecule has 0 spiro atoms. The van der Waals surface area contributed by atoms with Gasteiger partial charge >= 0.3 is 6.09 Å². The maximum absolute atomic E-state index is 12.0. The fraction of sp³-hybridized carbons (Fsp3) is 0.611. The zero-order valence-electron chi connectivity index (χ0n) is 14.5. The van der Waals surface area contributed by atoms with Crippen LogP contribution in [0.25, 0.3) is 0 Å². The molecule has 1 unspecified atom stereocenters. The lowest BCUT2D eigenvalue weighted by molar-refractivity contribution is 0.0506. The largest absolute Gasteiger partial charge is 0.444 e. The molecule has 3 N–H and O–H groups in total. The summed E-state index contributed by atoms with van der Waals surface area (Å²) in [5.74, 6) is 0. The van der Waals surface area contributed by atoms with E-state index in [0.29, 0.717) is 13.0 Å². The summed E-state index contributed by atoms with van der Waals surface area (Å²) >= 11 is 0. The van der Waals surface area contributed by atoms with E-state index in [1.165, 1.54) is 24.1 Å². The van der Waals surface area contributed by atoms with Crippen LogP contribution in [0.1, 0.15) is 39.2 Å². The molecule has 0 aromatic heterocycles. The van der Waals surface area contributed by atoms with Crippen LogP contribution in [-0.2, 0) is 11.2 Å². The zero-order chi connectivity index (χ0) is 16.9. The number of nitrogens with zero attached hydrogens (tertiary/aromatic N) is 1. The van der Waals surface area contributed by atoms with Crippen molar-refractivity contribution in [1.82, 2.24) is 5.32 Å². The highest BCUT2D eigenvalue weighted by atomic mass is 16.6. The zero-order valence-corrected chi connectivity index (χ0v) is 14.5. The van der Waals surface area contributed by atoms with Crippen molar-refractivity contribution in [2.45, 2.75) is 51.7 Å². The number of rotatable bonds is 5. The number of hydrogen-bond acceptors (Lipinski definition) is 4. The minimum absolute atomic E-state index is 0.131. The Morgan fingerprint density at radius 2 is 1.96 bits per heavy atom. The highest BCUT2D eigenvalue weighted by molar-refractivity contribution is 5.68. The molecular weight excluding hydrogens is 290 g/mol. The molecule has 1 saturated heterocycles. The Bertz CT molecular complexity index is 519. The van der Waals surface area contributed by atoms with Gasteiger partial charge in [0, 0.05) is 31.4 Å². The number of ether oxygens (including phenoxy) is 1. The fourth-order valence-electron chi connectivity index (χ4n) is 2.88. The van der Waals surface area contributed by atoms with Gasteiger partial charge in [0.2, 0.25) is 0 Å². The predicted octanol–water partition coefficient (Wildman–Crippen LogP) is 2.68. The van der Waals surface area contributed by atoms with E-state index >= 15 is 0 Å². The number of benzene rings is 1. The fourth-order valence-corrected chi connectivity index (χ4v) is 2.88. The number of nitrogens with one attached hydrogen (secondary N) is 1. The molecule has 0 aliphatic carbocycles. The molecule has 1 atom stereocenters. The predicted molar refractivity (Wildman–Crippen MR) is 93.8 cm³/mol. The van der Waals surface area contributed by atoms with Crippen molar-refractivity contribution < 1.29 is 9.53 Å². The monoisotopic (exact) mass is 319 g/mol. The molecule has 2 rings (SSSR count). The van der Waals surface area contributed by atoms with E-state index in [1.54, 1.807) is 0 Å². The average molecular weight is 319 g/mol. The van der Waals surface area contributed by atoms with Gasteiger partial charge in [-0.05, 0) is 51.7 Å². The second-order valence-electron chi connectivity index (χ2n) is 7.11. The lowest BCUT2D eigenvalue weighted by Crippen LogP contribution is -2.44. The van der Waals surface area contributed by atoms with Crippen LogP contribution >= 0.6 is 0 Å². The van der Waals surface area contributed by atoms with Crippen LogP contribution in [0.5, 0.6) is 0 Å². The number of nitrogens with two attached hydrogens (primary N) is 1. The van der Waals surface area contributed by atoms with Crippen molar-refractivity contribution >= 4 is 11.8 Å². The van der Waals surface area contributed by atoms with Gasteiger partial charge in [0.25, 0.3) is 0 Å². The van der Waals surface area contributed by atoms with Crippen molar-refractivity contribution in [3.05, 3.63) is 29.8 Å². The Labute approximate surface area is 139 Å². The maximum atomic E-state index is 12.0. The summed E-state index contributed by atoms with van der Waals surface area (Å²) in [5.41, 5.74) is 7.83. The van der Waals surface area contributed by atoms with Gasteiger partial charge in [0.15, 0.2) is 0 Å². The highest BCUT2D eigenvalue weighted by Crippen LogP contribution is 2.25. The maximum Gasteiger partial charge on any atom is 0.407 e. The van der Waals surface area contributed by atoms with Gasteiger partial charge in [-0.15, -0.1) is 0 Å². The molecule has 5 heteroatoms. The molecule has 1 heterocycles. The highest BCUT2D eigenvalue weighted by Gasteiger charge is 2.21. The molecule has 0 saturated carbocycles. The van der Waals surface area contributed by atoms with Crippen LogP contribution in [0.4, 0.5) is 10.5 Å². The Morgan fingerprint density at radius 1 is 1.30 bits per heavy atom. The molecule has 1 aliphatic rings. The Hall–Kier alpha value is -1.75. The smallest absolute Gasteiger partial charge is 0.407 e. The molecule has 1 aromatic carbocycles. The van der Waals surface area contributed by atoms with Crippen LogP contribution in [-0.4, -0.2) is 37.4 Å². The van der Waals surface area contributed by atoms with Crippen molar-refractivity contribution in [2.24, 2.45) is 5.73 Å².